The van der Waals surface area contributed by atoms with Crippen LogP contribution in [0.15, 0.2) is 30.3 Å². The number of halogens is 1. The molecule has 2 amide bonds. The predicted molar refractivity (Wildman–Crippen MR) is 110 cm³/mol. The van der Waals surface area contributed by atoms with Crippen LogP contribution in [0.4, 0.5) is 0 Å². The average Bonchev–Trinajstić information content (AvgIpc) is 3.30. The number of ether oxygens (including phenoxy) is 1. The summed E-state index contributed by atoms with van der Waals surface area (Å²) in [7, 11) is 0. The van der Waals surface area contributed by atoms with Crippen LogP contribution in [0.1, 0.15) is 19.3 Å². The summed E-state index contributed by atoms with van der Waals surface area (Å²) in [4.78, 5) is 29.4. The first kappa shape index (κ1) is 20.9. The Bertz CT molecular complexity index is 660. The summed E-state index contributed by atoms with van der Waals surface area (Å²) in [5, 5.41) is 3.41. The fraction of sp³-hybridized carbons (Fsp3) is 0.619. The van der Waals surface area contributed by atoms with Crippen molar-refractivity contribution in [3.8, 4) is 5.75 Å². The third-order valence-corrected chi connectivity index (χ3v) is 6.15. The molecule has 1 aromatic rings. The Morgan fingerprint density at radius 3 is 2.46 bits per heavy atom. The minimum Gasteiger partial charge on any atom is -0.493 e. The lowest BCUT2D eigenvalue weighted by Crippen LogP contribution is -2.47. The molecule has 0 aromatic heterocycles. The van der Waals surface area contributed by atoms with Gasteiger partial charge in [-0.05, 0) is 36.8 Å². The Morgan fingerprint density at radius 2 is 1.75 bits per heavy atom. The zero-order valence-corrected chi connectivity index (χ0v) is 17.0. The lowest BCUT2D eigenvalue weighted by Gasteiger charge is -2.34. The molecule has 6 nitrogen and oxygen atoms in total. The van der Waals surface area contributed by atoms with Crippen LogP contribution in [0.2, 0.25) is 0 Å². The highest BCUT2D eigenvalue weighted by Gasteiger charge is 2.40. The summed E-state index contributed by atoms with van der Waals surface area (Å²) in [6, 6.07) is 9.55. The molecule has 3 saturated heterocycles. The summed E-state index contributed by atoms with van der Waals surface area (Å²) in [6.45, 7) is 5.52. The summed E-state index contributed by atoms with van der Waals surface area (Å²) in [5.74, 6) is 2.32. The minimum absolute atomic E-state index is 0. The van der Waals surface area contributed by atoms with Crippen molar-refractivity contribution in [1.29, 1.82) is 0 Å². The van der Waals surface area contributed by atoms with Crippen LogP contribution in [0.25, 0.3) is 0 Å². The minimum atomic E-state index is -0.0375. The molecule has 0 spiro atoms. The molecule has 3 heterocycles. The van der Waals surface area contributed by atoms with E-state index >= 15 is 0 Å². The number of likely N-dealkylation sites (tertiary alicyclic amines) is 2. The van der Waals surface area contributed by atoms with Gasteiger partial charge in [0.2, 0.25) is 11.8 Å². The van der Waals surface area contributed by atoms with Gasteiger partial charge in [-0.2, -0.15) is 0 Å². The smallest absolute Gasteiger partial charge is 0.227 e. The standard InChI is InChI=1S/C21H29N3O3.ClH/c25-20(8-10-27-19-6-2-1-3-7-19)23-9-4-5-16(13-23)21(26)24-14-17-11-22-12-18(17)15-24;/h1-3,6-7,16-18,22H,4-5,8-15H2;1H/t16?,17-,18+;. The van der Waals surface area contributed by atoms with E-state index in [1.165, 1.54) is 0 Å². The van der Waals surface area contributed by atoms with Gasteiger partial charge in [-0.25, -0.2) is 0 Å². The number of carbonyl (C=O) groups is 2. The molecule has 0 aliphatic carbocycles. The van der Waals surface area contributed by atoms with Crippen molar-refractivity contribution < 1.29 is 14.3 Å². The van der Waals surface area contributed by atoms with Crippen LogP contribution < -0.4 is 10.1 Å². The molecule has 154 valence electrons. The fourth-order valence-electron chi connectivity index (χ4n) is 4.63. The van der Waals surface area contributed by atoms with Crippen molar-refractivity contribution in [2.45, 2.75) is 19.3 Å². The van der Waals surface area contributed by atoms with Crippen molar-refractivity contribution in [2.75, 3.05) is 45.9 Å². The Balaban J connectivity index is 0.00000225. The van der Waals surface area contributed by atoms with E-state index < -0.39 is 0 Å². The number of amides is 2. The molecular weight excluding hydrogens is 378 g/mol. The van der Waals surface area contributed by atoms with Gasteiger partial charge in [-0.15, -0.1) is 12.4 Å². The molecule has 3 fully saturated rings. The summed E-state index contributed by atoms with van der Waals surface area (Å²) in [6.07, 6.45) is 2.16. The van der Waals surface area contributed by atoms with E-state index in [2.05, 4.69) is 5.32 Å². The van der Waals surface area contributed by atoms with Crippen molar-refractivity contribution in [2.24, 2.45) is 17.8 Å². The zero-order valence-electron chi connectivity index (χ0n) is 16.2. The van der Waals surface area contributed by atoms with E-state index in [1.54, 1.807) is 0 Å². The molecule has 1 N–H and O–H groups in total. The van der Waals surface area contributed by atoms with Gasteiger partial charge < -0.3 is 19.9 Å². The van der Waals surface area contributed by atoms with Gasteiger partial charge in [0.1, 0.15) is 5.75 Å². The lowest BCUT2D eigenvalue weighted by molar-refractivity contribution is -0.140. The first-order chi connectivity index (χ1) is 13.2. The number of benzene rings is 1. The van der Waals surface area contributed by atoms with E-state index in [1.807, 2.05) is 40.1 Å². The molecule has 0 bridgehead atoms. The third kappa shape index (κ3) is 4.78. The van der Waals surface area contributed by atoms with Gasteiger partial charge in [0.15, 0.2) is 0 Å². The monoisotopic (exact) mass is 407 g/mol. The molecule has 1 unspecified atom stereocenters. The van der Waals surface area contributed by atoms with E-state index in [9.17, 15) is 9.59 Å². The molecule has 28 heavy (non-hydrogen) atoms. The van der Waals surface area contributed by atoms with E-state index in [0.717, 1.165) is 51.3 Å². The second-order valence-electron chi connectivity index (χ2n) is 8.01. The van der Waals surface area contributed by atoms with Crippen molar-refractivity contribution in [1.82, 2.24) is 15.1 Å². The van der Waals surface area contributed by atoms with Crippen LogP contribution in [-0.2, 0) is 9.59 Å². The van der Waals surface area contributed by atoms with E-state index in [0.29, 0.717) is 31.4 Å². The molecule has 0 saturated carbocycles. The molecular formula is C21H30ClN3O3. The summed E-state index contributed by atoms with van der Waals surface area (Å²) >= 11 is 0. The Hall–Kier alpha value is -1.79. The van der Waals surface area contributed by atoms with Gasteiger partial charge in [-0.3, -0.25) is 9.59 Å². The van der Waals surface area contributed by atoms with Crippen molar-refractivity contribution in [3.05, 3.63) is 30.3 Å². The largest absolute Gasteiger partial charge is 0.493 e. The molecule has 3 aliphatic rings. The number of hydrogen-bond donors (Lipinski definition) is 1. The quantitative estimate of drug-likeness (QED) is 0.808. The first-order valence-corrected chi connectivity index (χ1v) is 10.2. The normalized spacial score (nSPS) is 26.5. The summed E-state index contributed by atoms with van der Waals surface area (Å²) < 4.78 is 5.64. The number of rotatable bonds is 5. The molecule has 1 aromatic carbocycles. The Labute approximate surface area is 173 Å². The number of piperidine rings is 1. The second-order valence-corrected chi connectivity index (χ2v) is 8.01. The molecule has 3 atom stereocenters. The van der Waals surface area contributed by atoms with Gasteiger partial charge in [0.05, 0.1) is 18.9 Å². The van der Waals surface area contributed by atoms with Crippen molar-refractivity contribution in [3.63, 3.8) is 0 Å². The molecule has 3 aliphatic heterocycles. The average molecular weight is 408 g/mol. The van der Waals surface area contributed by atoms with Crippen LogP contribution >= 0.6 is 12.4 Å². The van der Waals surface area contributed by atoms with Gasteiger partial charge in [0.25, 0.3) is 0 Å². The Kier molecular flexibility index (Phi) is 7.18. The number of carbonyl (C=O) groups excluding carboxylic acids is 2. The highest BCUT2D eigenvalue weighted by atomic mass is 35.5. The molecule has 0 radical (unpaired) electrons. The number of nitrogens with one attached hydrogen (secondary N) is 1. The fourth-order valence-corrected chi connectivity index (χ4v) is 4.63. The summed E-state index contributed by atoms with van der Waals surface area (Å²) in [5.41, 5.74) is 0. The number of para-hydroxylation sites is 1. The Morgan fingerprint density at radius 1 is 1.04 bits per heavy atom. The topological polar surface area (TPSA) is 61.9 Å². The number of nitrogens with zero attached hydrogens (tertiary/aromatic N) is 2. The predicted octanol–water partition coefficient (Wildman–Crippen LogP) is 1.79. The second kappa shape index (κ2) is 9.61. The number of fused-ring (bicyclic) bond motifs is 1. The van der Waals surface area contributed by atoms with Gasteiger partial charge in [0, 0.05) is 39.3 Å². The van der Waals surface area contributed by atoms with Crippen LogP contribution in [0.5, 0.6) is 5.75 Å². The van der Waals surface area contributed by atoms with Gasteiger partial charge >= 0.3 is 0 Å². The van der Waals surface area contributed by atoms with Crippen LogP contribution in [0.3, 0.4) is 0 Å². The third-order valence-electron chi connectivity index (χ3n) is 6.15. The maximum Gasteiger partial charge on any atom is 0.227 e. The lowest BCUT2D eigenvalue weighted by atomic mass is 9.96. The van der Waals surface area contributed by atoms with E-state index in [-0.39, 0.29) is 30.1 Å². The van der Waals surface area contributed by atoms with Gasteiger partial charge in [-0.1, -0.05) is 18.2 Å². The maximum absolute atomic E-state index is 12.9. The molecule has 7 heteroatoms. The highest BCUT2D eigenvalue weighted by molar-refractivity contribution is 5.85. The highest BCUT2D eigenvalue weighted by Crippen LogP contribution is 2.29. The van der Waals surface area contributed by atoms with Crippen LogP contribution in [-0.4, -0.2) is 67.5 Å². The zero-order chi connectivity index (χ0) is 18.6. The molecule has 4 rings (SSSR count). The SMILES string of the molecule is Cl.O=C(CCOc1ccccc1)N1CCCC(C(=O)N2C[C@H]3CNC[C@H]3C2)C1. The van der Waals surface area contributed by atoms with Crippen LogP contribution in [0, 0.1) is 17.8 Å². The van der Waals surface area contributed by atoms with E-state index in [4.69, 9.17) is 4.74 Å². The van der Waals surface area contributed by atoms with Crippen molar-refractivity contribution >= 4 is 24.2 Å². The number of hydrogen-bond acceptors (Lipinski definition) is 4. The first-order valence-electron chi connectivity index (χ1n) is 10.2. The maximum atomic E-state index is 12.9.